The highest BCUT2D eigenvalue weighted by Gasteiger charge is 2.74. The fourth-order valence-corrected chi connectivity index (χ4v) is 8.69. The lowest BCUT2D eigenvalue weighted by molar-refractivity contribution is -0.144. The molecule has 2 unspecified atom stereocenters. The van der Waals surface area contributed by atoms with Gasteiger partial charge in [-0.15, -0.1) is 11.8 Å². The molecule has 2 bridgehead atoms. The first-order valence-corrected chi connectivity index (χ1v) is 14.2. The van der Waals surface area contributed by atoms with E-state index >= 15 is 0 Å². The van der Waals surface area contributed by atoms with E-state index in [-0.39, 0.29) is 35.5 Å². The number of ether oxygens (including phenoxy) is 1. The second-order valence-corrected chi connectivity index (χ2v) is 12.1. The number of morpholine rings is 1. The number of aliphatic hydroxyl groups excluding tert-OH is 1. The van der Waals surface area contributed by atoms with Crippen molar-refractivity contribution in [1.29, 1.82) is 0 Å². The lowest BCUT2D eigenvalue weighted by atomic mass is 9.70. The molecule has 7 atom stereocenters. The summed E-state index contributed by atoms with van der Waals surface area (Å²) < 4.78 is 4.80. The summed E-state index contributed by atoms with van der Waals surface area (Å²) >= 11 is 1.68. The Labute approximate surface area is 213 Å². The number of likely N-dealkylation sites (tertiary alicyclic amines) is 1. The van der Waals surface area contributed by atoms with E-state index in [9.17, 15) is 19.5 Å². The third kappa shape index (κ3) is 4.83. The number of amides is 3. The third-order valence-corrected chi connectivity index (χ3v) is 10.5. The predicted octanol–water partition coefficient (Wildman–Crippen LogP) is 0.459. The van der Waals surface area contributed by atoms with Crippen molar-refractivity contribution >= 4 is 29.5 Å². The van der Waals surface area contributed by atoms with Crippen LogP contribution >= 0.6 is 11.8 Å². The molecular weight excluding hydrogens is 468 g/mol. The van der Waals surface area contributed by atoms with Crippen LogP contribution in [0.2, 0.25) is 0 Å². The standard InChI is InChI=1S/C25H42N4O5S/c1-4-8-26-22(31)19-18-6-7-25(35-18)20(19)24(33)29(17(15-30)16(3)5-2)21(25)23(32)27-9-10-28-11-13-34-14-12-28/h16-21,30H,4-15H2,1-3H3,(H,26,31)(H,27,32)/t16-,17-,18+,19-,20-,21?,25?/m0/s1. The van der Waals surface area contributed by atoms with Crippen molar-refractivity contribution in [1.82, 2.24) is 20.4 Å². The summed E-state index contributed by atoms with van der Waals surface area (Å²) in [4.78, 5) is 45.0. The fraction of sp³-hybridized carbons (Fsp3) is 0.880. The van der Waals surface area contributed by atoms with Crippen LogP contribution in [0.3, 0.4) is 0 Å². The number of nitrogens with one attached hydrogen (secondary N) is 2. The largest absolute Gasteiger partial charge is 0.394 e. The number of rotatable bonds is 11. The van der Waals surface area contributed by atoms with Gasteiger partial charge in [0.15, 0.2) is 0 Å². The van der Waals surface area contributed by atoms with Crippen molar-refractivity contribution in [2.45, 2.75) is 68.5 Å². The van der Waals surface area contributed by atoms with Gasteiger partial charge in [-0.25, -0.2) is 0 Å². The Hall–Kier alpha value is -1.36. The second-order valence-electron chi connectivity index (χ2n) is 10.5. The molecule has 4 aliphatic rings. The van der Waals surface area contributed by atoms with Gasteiger partial charge in [0.2, 0.25) is 17.7 Å². The summed E-state index contributed by atoms with van der Waals surface area (Å²) in [5, 5.41) is 16.5. The first-order valence-electron chi connectivity index (χ1n) is 13.4. The van der Waals surface area contributed by atoms with Gasteiger partial charge < -0.3 is 25.4 Å². The van der Waals surface area contributed by atoms with Gasteiger partial charge in [0.25, 0.3) is 0 Å². The monoisotopic (exact) mass is 510 g/mol. The van der Waals surface area contributed by atoms with Gasteiger partial charge in [0, 0.05) is 38.0 Å². The minimum Gasteiger partial charge on any atom is -0.394 e. The van der Waals surface area contributed by atoms with Crippen LogP contribution in [-0.4, -0.2) is 107 Å². The summed E-state index contributed by atoms with van der Waals surface area (Å²) in [7, 11) is 0. The molecule has 0 aromatic heterocycles. The molecular formula is C25H42N4O5S. The van der Waals surface area contributed by atoms with Crippen LogP contribution in [0, 0.1) is 17.8 Å². The zero-order valence-corrected chi connectivity index (χ0v) is 22.1. The maximum atomic E-state index is 14.0. The highest BCUT2D eigenvalue weighted by atomic mass is 32.2. The smallest absolute Gasteiger partial charge is 0.244 e. The van der Waals surface area contributed by atoms with Crippen LogP contribution < -0.4 is 10.6 Å². The van der Waals surface area contributed by atoms with E-state index in [1.807, 2.05) is 20.8 Å². The van der Waals surface area contributed by atoms with Crippen molar-refractivity contribution in [3.05, 3.63) is 0 Å². The zero-order chi connectivity index (χ0) is 25.2. The number of carbonyl (C=O) groups is 3. The molecule has 0 aliphatic carbocycles. The topological polar surface area (TPSA) is 111 Å². The Morgan fingerprint density at radius 2 is 1.91 bits per heavy atom. The van der Waals surface area contributed by atoms with Gasteiger partial charge in [0.1, 0.15) is 6.04 Å². The molecule has 9 nitrogen and oxygen atoms in total. The van der Waals surface area contributed by atoms with Gasteiger partial charge in [-0.3, -0.25) is 19.3 Å². The van der Waals surface area contributed by atoms with Gasteiger partial charge >= 0.3 is 0 Å². The minimum absolute atomic E-state index is 0.0393. The Morgan fingerprint density at radius 1 is 1.20 bits per heavy atom. The Bertz CT molecular complexity index is 794. The third-order valence-electron chi connectivity index (χ3n) is 8.51. The van der Waals surface area contributed by atoms with Crippen LogP contribution in [0.25, 0.3) is 0 Å². The van der Waals surface area contributed by atoms with Gasteiger partial charge in [-0.1, -0.05) is 27.2 Å². The van der Waals surface area contributed by atoms with Crippen LogP contribution in [0.1, 0.15) is 46.5 Å². The van der Waals surface area contributed by atoms with E-state index < -0.39 is 28.7 Å². The first-order chi connectivity index (χ1) is 16.9. The molecule has 4 aliphatic heterocycles. The van der Waals surface area contributed by atoms with E-state index in [1.165, 1.54) is 0 Å². The van der Waals surface area contributed by atoms with Crippen molar-refractivity contribution in [2.24, 2.45) is 17.8 Å². The number of hydrogen-bond donors (Lipinski definition) is 3. The predicted molar refractivity (Wildman–Crippen MR) is 135 cm³/mol. The average molecular weight is 511 g/mol. The molecule has 4 saturated heterocycles. The van der Waals surface area contributed by atoms with Crippen LogP contribution in [-0.2, 0) is 19.1 Å². The number of nitrogens with zero attached hydrogens (tertiary/aromatic N) is 2. The lowest BCUT2D eigenvalue weighted by Gasteiger charge is -2.39. The molecule has 4 heterocycles. The number of aliphatic hydroxyl groups is 1. The number of hydrogen-bond acceptors (Lipinski definition) is 7. The summed E-state index contributed by atoms with van der Waals surface area (Å²) in [6.07, 6.45) is 3.19. The second kappa shape index (κ2) is 11.4. The SMILES string of the molecule is CCCNC(=O)[C@@H]1[C@H]2C(=O)N([C@@H](CO)[C@@H](C)CC)C(C(=O)NCCN3CCOCC3)C23CC[C@H]1S3. The molecule has 3 amide bonds. The number of fused-ring (bicyclic) bond motifs is 1. The Balaban J connectivity index is 1.59. The van der Waals surface area contributed by atoms with Crippen molar-refractivity contribution in [2.75, 3.05) is 52.5 Å². The van der Waals surface area contributed by atoms with E-state index in [0.29, 0.717) is 26.3 Å². The van der Waals surface area contributed by atoms with E-state index in [2.05, 4.69) is 15.5 Å². The molecule has 4 rings (SSSR count). The molecule has 0 aromatic carbocycles. The fourth-order valence-electron chi connectivity index (χ4n) is 6.49. The molecule has 35 heavy (non-hydrogen) atoms. The highest BCUT2D eigenvalue weighted by molar-refractivity contribution is 8.02. The Morgan fingerprint density at radius 3 is 2.57 bits per heavy atom. The lowest BCUT2D eigenvalue weighted by Crippen LogP contribution is -2.58. The van der Waals surface area contributed by atoms with Crippen molar-refractivity contribution < 1.29 is 24.2 Å². The summed E-state index contributed by atoms with van der Waals surface area (Å²) in [5.41, 5.74) is 0. The van der Waals surface area contributed by atoms with E-state index in [0.717, 1.165) is 45.3 Å². The summed E-state index contributed by atoms with van der Waals surface area (Å²) in [6.45, 7) is 10.8. The summed E-state index contributed by atoms with van der Waals surface area (Å²) in [6, 6.07) is -1.11. The maximum absolute atomic E-state index is 14.0. The molecule has 10 heteroatoms. The van der Waals surface area contributed by atoms with Gasteiger partial charge in [-0.05, 0) is 25.2 Å². The number of thioether (sulfide) groups is 1. The molecule has 4 fully saturated rings. The highest BCUT2D eigenvalue weighted by Crippen LogP contribution is 2.66. The first kappa shape index (κ1) is 26.7. The maximum Gasteiger partial charge on any atom is 0.244 e. The van der Waals surface area contributed by atoms with Crippen LogP contribution in [0.4, 0.5) is 0 Å². The quantitative estimate of drug-likeness (QED) is 0.370. The van der Waals surface area contributed by atoms with E-state index in [1.54, 1.807) is 16.7 Å². The molecule has 1 spiro atoms. The molecule has 0 aromatic rings. The van der Waals surface area contributed by atoms with Gasteiger partial charge in [-0.2, -0.15) is 0 Å². The number of carbonyl (C=O) groups excluding carboxylic acids is 3. The zero-order valence-electron chi connectivity index (χ0n) is 21.3. The molecule has 0 saturated carbocycles. The molecule has 0 radical (unpaired) electrons. The van der Waals surface area contributed by atoms with Crippen molar-refractivity contribution in [3.63, 3.8) is 0 Å². The minimum atomic E-state index is -0.671. The average Bonchev–Trinajstić information content (AvgIpc) is 3.51. The van der Waals surface area contributed by atoms with Gasteiger partial charge in [0.05, 0.1) is 42.4 Å². The van der Waals surface area contributed by atoms with Crippen LogP contribution in [0.15, 0.2) is 0 Å². The Kier molecular flexibility index (Phi) is 8.66. The van der Waals surface area contributed by atoms with Crippen LogP contribution in [0.5, 0.6) is 0 Å². The summed E-state index contributed by atoms with van der Waals surface area (Å²) in [5.74, 6) is -1.25. The molecule has 198 valence electrons. The molecule has 3 N–H and O–H groups in total. The van der Waals surface area contributed by atoms with Crippen molar-refractivity contribution in [3.8, 4) is 0 Å². The normalized spacial score (nSPS) is 34.1. The van der Waals surface area contributed by atoms with E-state index in [4.69, 9.17) is 4.74 Å².